The number of rotatable bonds is 5. The molecule has 0 N–H and O–H groups in total. The van der Waals surface area contributed by atoms with Gasteiger partial charge in [0.05, 0.1) is 22.9 Å². The zero-order chi connectivity index (χ0) is 19.6. The minimum Gasteiger partial charge on any atom is -0.368 e. The van der Waals surface area contributed by atoms with Crippen molar-refractivity contribution in [1.82, 2.24) is 18.9 Å². The fourth-order valence-corrected chi connectivity index (χ4v) is 4.35. The zero-order valence-corrected chi connectivity index (χ0v) is 16.4. The maximum absolute atomic E-state index is 13.0. The minimum atomic E-state index is 0.0927. The first-order valence-electron chi connectivity index (χ1n) is 10.3. The molecule has 1 aromatic carbocycles. The van der Waals surface area contributed by atoms with Crippen LogP contribution in [-0.2, 0) is 6.54 Å². The lowest BCUT2D eigenvalue weighted by molar-refractivity contribution is 0.250. The number of hydrogen-bond donors (Lipinski definition) is 0. The molecule has 148 valence electrons. The first-order valence-corrected chi connectivity index (χ1v) is 10.3. The summed E-state index contributed by atoms with van der Waals surface area (Å²) in [5.41, 5.74) is 4.12. The second-order valence-corrected chi connectivity index (χ2v) is 7.60. The van der Waals surface area contributed by atoms with Crippen LogP contribution >= 0.6 is 0 Å². The highest BCUT2D eigenvalue weighted by molar-refractivity contribution is 5.79. The molecule has 0 amide bonds. The number of aromatic nitrogens is 3. The molecule has 3 aromatic heterocycles. The lowest BCUT2D eigenvalue weighted by atomic mass is 10.2. The van der Waals surface area contributed by atoms with Crippen LogP contribution in [0.4, 0.5) is 5.69 Å². The summed E-state index contributed by atoms with van der Waals surface area (Å²) in [6, 6.07) is 16.1. The number of pyridine rings is 1. The standard InChI is InChI=1S/C23H25N5O/c29-23-22-9-4-12-27(22)20-7-1-2-8-21(20)28(23)13-5-11-25-14-16-26(17-15-25)19-6-3-10-24-18-19/h1-4,6-10,12,18H,5,11,13-17H2. The Kier molecular flexibility index (Phi) is 4.77. The number of fused-ring (bicyclic) bond motifs is 3. The minimum absolute atomic E-state index is 0.0927. The first kappa shape index (κ1) is 17.9. The Bertz CT molecular complexity index is 1170. The van der Waals surface area contributed by atoms with Gasteiger partial charge in [0.25, 0.3) is 5.56 Å². The summed E-state index contributed by atoms with van der Waals surface area (Å²) < 4.78 is 3.93. The van der Waals surface area contributed by atoms with Crippen molar-refractivity contribution in [2.45, 2.75) is 13.0 Å². The van der Waals surface area contributed by atoms with Crippen LogP contribution in [0.5, 0.6) is 0 Å². The highest BCUT2D eigenvalue weighted by Crippen LogP contribution is 2.17. The van der Waals surface area contributed by atoms with E-state index in [9.17, 15) is 4.79 Å². The molecular weight excluding hydrogens is 362 g/mol. The SMILES string of the molecule is O=c1c2cccn2c2ccccc2n1CCCN1CCN(c2cccnc2)CC1. The van der Waals surface area contributed by atoms with Crippen molar-refractivity contribution in [2.75, 3.05) is 37.6 Å². The normalized spacial score (nSPS) is 15.4. The zero-order valence-electron chi connectivity index (χ0n) is 16.4. The second-order valence-electron chi connectivity index (χ2n) is 7.60. The van der Waals surface area contributed by atoms with E-state index in [4.69, 9.17) is 0 Å². The van der Waals surface area contributed by atoms with Crippen LogP contribution in [0, 0.1) is 0 Å². The number of anilines is 1. The predicted octanol–water partition coefficient (Wildman–Crippen LogP) is 2.86. The van der Waals surface area contributed by atoms with Gasteiger partial charge in [-0.25, -0.2) is 0 Å². The number of nitrogens with zero attached hydrogens (tertiary/aromatic N) is 5. The fraction of sp³-hybridized carbons (Fsp3) is 0.304. The molecule has 0 saturated carbocycles. The monoisotopic (exact) mass is 387 g/mol. The van der Waals surface area contributed by atoms with Gasteiger partial charge in [-0.15, -0.1) is 0 Å². The van der Waals surface area contributed by atoms with Crippen molar-refractivity contribution in [3.05, 3.63) is 77.5 Å². The summed E-state index contributed by atoms with van der Waals surface area (Å²) in [7, 11) is 0. The molecule has 5 rings (SSSR count). The van der Waals surface area contributed by atoms with Crippen LogP contribution in [0.25, 0.3) is 16.6 Å². The van der Waals surface area contributed by atoms with Crippen molar-refractivity contribution in [3.8, 4) is 0 Å². The van der Waals surface area contributed by atoms with Gasteiger partial charge >= 0.3 is 0 Å². The van der Waals surface area contributed by atoms with Gasteiger partial charge in [0.2, 0.25) is 0 Å². The summed E-state index contributed by atoms with van der Waals surface area (Å²) in [5.74, 6) is 0. The number of benzene rings is 1. The van der Waals surface area contributed by atoms with E-state index in [-0.39, 0.29) is 5.56 Å². The molecule has 1 aliphatic heterocycles. The third-order valence-corrected chi connectivity index (χ3v) is 5.88. The summed E-state index contributed by atoms with van der Waals surface area (Å²) >= 11 is 0. The Morgan fingerprint density at radius 1 is 0.828 bits per heavy atom. The summed E-state index contributed by atoms with van der Waals surface area (Å²) in [6.07, 6.45) is 6.68. The van der Waals surface area contributed by atoms with E-state index in [1.54, 1.807) is 0 Å². The molecule has 6 heteroatoms. The molecular formula is C23H25N5O. The Morgan fingerprint density at radius 3 is 2.41 bits per heavy atom. The maximum atomic E-state index is 13.0. The van der Waals surface area contributed by atoms with Crippen LogP contribution in [0.3, 0.4) is 0 Å². The third kappa shape index (κ3) is 3.40. The van der Waals surface area contributed by atoms with Gasteiger partial charge in [-0.1, -0.05) is 12.1 Å². The van der Waals surface area contributed by atoms with Crippen LogP contribution in [0.15, 0.2) is 71.9 Å². The molecule has 0 aliphatic carbocycles. The van der Waals surface area contributed by atoms with Crippen LogP contribution in [0.1, 0.15) is 6.42 Å². The molecule has 4 aromatic rings. The van der Waals surface area contributed by atoms with Crippen LogP contribution in [0.2, 0.25) is 0 Å². The first-order chi connectivity index (χ1) is 14.3. The van der Waals surface area contributed by atoms with Gasteiger partial charge in [-0.2, -0.15) is 0 Å². The maximum Gasteiger partial charge on any atom is 0.275 e. The average molecular weight is 387 g/mol. The molecule has 6 nitrogen and oxygen atoms in total. The number of para-hydroxylation sites is 2. The van der Waals surface area contributed by atoms with Crippen LogP contribution < -0.4 is 10.5 Å². The van der Waals surface area contributed by atoms with Gasteiger partial charge in [0.1, 0.15) is 5.52 Å². The molecule has 29 heavy (non-hydrogen) atoms. The van der Waals surface area contributed by atoms with E-state index in [1.807, 2.05) is 64.0 Å². The van der Waals surface area contributed by atoms with Crippen molar-refractivity contribution in [1.29, 1.82) is 0 Å². The molecule has 0 atom stereocenters. The molecule has 1 fully saturated rings. The van der Waals surface area contributed by atoms with Gasteiger partial charge in [-0.3, -0.25) is 14.7 Å². The lowest BCUT2D eigenvalue weighted by Gasteiger charge is -2.36. The Labute approximate surface area is 169 Å². The second kappa shape index (κ2) is 7.72. The molecule has 1 aliphatic rings. The fourth-order valence-electron chi connectivity index (χ4n) is 4.35. The van der Waals surface area contributed by atoms with Crippen LogP contribution in [-0.4, -0.2) is 51.6 Å². The predicted molar refractivity (Wildman–Crippen MR) is 117 cm³/mol. The van der Waals surface area contributed by atoms with Crippen molar-refractivity contribution < 1.29 is 0 Å². The molecule has 0 unspecified atom stereocenters. The molecule has 4 heterocycles. The van der Waals surface area contributed by atoms with Gasteiger partial charge in [0, 0.05) is 45.1 Å². The number of hydrogen-bond acceptors (Lipinski definition) is 4. The summed E-state index contributed by atoms with van der Waals surface area (Å²) in [4.78, 5) is 22.1. The van der Waals surface area contributed by atoms with E-state index in [1.165, 1.54) is 5.69 Å². The highest BCUT2D eigenvalue weighted by Gasteiger charge is 2.17. The smallest absolute Gasteiger partial charge is 0.275 e. The van der Waals surface area contributed by atoms with Gasteiger partial charge in [-0.05, 0) is 49.4 Å². The highest BCUT2D eigenvalue weighted by atomic mass is 16.1. The van der Waals surface area contributed by atoms with Crippen molar-refractivity contribution in [3.63, 3.8) is 0 Å². The topological polar surface area (TPSA) is 45.8 Å². The van der Waals surface area contributed by atoms with E-state index in [0.717, 1.165) is 62.2 Å². The van der Waals surface area contributed by atoms with Gasteiger partial charge in [0.15, 0.2) is 0 Å². The quantitative estimate of drug-likeness (QED) is 0.528. The molecule has 1 saturated heterocycles. The average Bonchev–Trinajstić information content (AvgIpc) is 3.28. The number of piperazine rings is 1. The Balaban J connectivity index is 1.26. The molecule has 0 spiro atoms. The van der Waals surface area contributed by atoms with E-state index >= 15 is 0 Å². The van der Waals surface area contributed by atoms with E-state index in [0.29, 0.717) is 0 Å². The summed E-state index contributed by atoms with van der Waals surface area (Å²) in [5, 5.41) is 0. The number of aryl methyl sites for hydroxylation is 1. The Morgan fingerprint density at radius 2 is 1.62 bits per heavy atom. The van der Waals surface area contributed by atoms with E-state index < -0.39 is 0 Å². The third-order valence-electron chi connectivity index (χ3n) is 5.88. The largest absolute Gasteiger partial charge is 0.368 e. The molecule has 0 radical (unpaired) electrons. The van der Waals surface area contributed by atoms with Gasteiger partial charge < -0.3 is 13.9 Å². The summed E-state index contributed by atoms with van der Waals surface area (Å²) in [6.45, 7) is 5.87. The van der Waals surface area contributed by atoms with E-state index in [2.05, 4.69) is 26.9 Å². The Hall–Kier alpha value is -3.12. The van der Waals surface area contributed by atoms with Crippen molar-refractivity contribution >= 4 is 22.2 Å². The lowest BCUT2D eigenvalue weighted by Crippen LogP contribution is -2.46. The van der Waals surface area contributed by atoms with Crippen molar-refractivity contribution in [2.24, 2.45) is 0 Å². The molecule has 0 bridgehead atoms.